The molecule has 8 heteroatoms. The van der Waals surface area contributed by atoms with Crippen LogP contribution in [0, 0.1) is 5.82 Å². The summed E-state index contributed by atoms with van der Waals surface area (Å²) in [6.45, 7) is 0.206. The molecule has 0 radical (unpaired) electrons. The van der Waals surface area contributed by atoms with Crippen LogP contribution in [0.4, 0.5) is 4.39 Å². The quantitative estimate of drug-likeness (QED) is 0.425. The molecule has 172 valence electrons. The van der Waals surface area contributed by atoms with Gasteiger partial charge >= 0.3 is 0 Å². The van der Waals surface area contributed by atoms with Gasteiger partial charge in [-0.15, -0.1) is 0 Å². The number of pyridine rings is 1. The number of ether oxygens (including phenoxy) is 1. The topological polar surface area (TPSA) is 86.1 Å². The van der Waals surface area contributed by atoms with E-state index in [-0.39, 0.29) is 30.5 Å². The predicted octanol–water partition coefficient (Wildman–Crippen LogP) is 4.31. The number of halogens is 1. The average molecular weight is 458 g/mol. The first-order valence-corrected chi connectivity index (χ1v) is 11.2. The first-order valence-electron chi connectivity index (χ1n) is 11.2. The molecule has 1 amide bonds. The maximum Gasteiger partial charge on any atom is 0.261 e. The third-order valence-electron chi connectivity index (χ3n) is 5.71. The number of rotatable bonds is 8. The minimum atomic E-state index is -0.407. The number of benzene rings is 2. The molecular formula is C26H23FN4O3. The van der Waals surface area contributed by atoms with Crippen molar-refractivity contribution in [3.05, 3.63) is 94.4 Å². The van der Waals surface area contributed by atoms with E-state index in [1.807, 2.05) is 18.2 Å². The number of aromatic nitrogens is 3. The van der Waals surface area contributed by atoms with Gasteiger partial charge in [0.1, 0.15) is 17.4 Å². The summed E-state index contributed by atoms with van der Waals surface area (Å²) in [6, 6.07) is 16.8. The number of carbonyl (C=O) groups is 1. The third kappa shape index (κ3) is 4.80. The highest BCUT2D eigenvalue weighted by Crippen LogP contribution is 2.35. The molecule has 0 aliphatic heterocycles. The van der Waals surface area contributed by atoms with Crippen molar-refractivity contribution >= 4 is 16.8 Å². The number of aryl methyl sites for hydroxylation is 1. The van der Waals surface area contributed by atoms with Crippen LogP contribution in [0.15, 0.2) is 71.7 Å². The molecule has 5 rings (SSSR count). The zero-order valence-corrected chi connectivity index (χ0v) is 18.4. The molecule has 7 nitrogen and oxygen atoms in total. The normalized spacial score (nSPS) is 13.1. The highest BCUT2D eigenvalue weighted by Gasteiger charge is 2.28. The fraction of sp³-hybridized carbons (Fsp3) is 0.231. The minimum absolute atomic E-state index is 0.0435. The van der Waals surface area contributed by atoms with E-state index in [0.29, 0.717) is 40.3 Å². The van der Waals surface area contributed by atoms with E-state index in [9.17, 15) is 14.0 Å². The summed E-state index contributed by atoms with van der Waals surface area (Å²) in [7, 11) is 0. The smallest absolute Gasteiger partial charge is 0.261 e. The molecule has 1 saturated carbocycles. The number of hydrogen-bond donors (Lipinski definition) is 1. The molecule has 34 heavy (non-hydrogen) atoms. The zero-order valence-electron chi connectivity index (χ0n) is 18.4. The Hall–Kier alpha value is -4.07. The Kier molecular flexibility index (Phi) is 6.03. The fourth-order valence-corrected chi connectivity index (χ4v) is 3.88. The monoisotopic (exact) mass is 458 g/mol. The van der Waals surface area contributed by atoms with Gasteiger partial charge in [-0.1, -0.05) is 24.3 Å². The molecule has 1 fully saturated rings. The van der Waals surface area contributed by atoms with Crippen molar-refractivity contribution in [1.82, 2.24) is 19.9 Å². The van der Waals surface area contributed by atoms with Crippen LogP contribution in [0.1, 0.15) is 36.7 Å². The number of nitrogens with zero attached hydrogens (tertiary/aromatic N) is 3. The lowest BCUT2D eigenvalue weighted by molar-refractivity contribution is -0.121. The van der Waals surface area contributed by atoms with E-state index < -0.39 is 5.82 Å². The van der Waals surface area contributed by atoms with Crippen LogP contribution >= 0.6 is 0 Å². The van der Waals surface area contributed by atoms with Gasteiger partial charge in [0.15, 0.2) is 0 Å². The minimum Gasteiger partial charge on any atom is -0.439 e. The van der Waals surface area contributed by atoms with Gasteiger partial charge in [-0.2, -0.15) is 0 Å². The summed E-state index contributed by atoms with van der Waals surface area (Å²) < 4.78 is 20.9. The molecule has 2 aromatic heterocycles. The van der Waals surface area contributed by atoms with E-state index in [4.69, 9.17) is 4.74 Å². The zero-order chi connectivity index (χ0) is 23.5. The maximum atomic E-state index is 13.5. The molecule has 0 bridgehead atoms. The van der Waals surface area contributed by atoms with Gasteiger partial charge in [-0.05, 0) is 43.2 Å². The molecule has 2 heterocycles. The second kappa shape index (κ2) is 9.43. The number of hydrogen-bond acceptors (Lipinski definition) is 5. The number of amides is 1. The molecule has 1 N–H and O–H groups in total. The lowest BCUT2D eigenvalue weighted by Crippen LogP contribution is -2.27. The number of para-hydroxylation sites is 1. The Morgan fingerprint density at radius 3 is 2.79 bits per heavy atom. The van der Waals surface area contributed by atoms with E-state index in [1.165, 1.54) is 12.1 Å². The van der Waals surface area contributed by atoms with Crippen molar-refractivity contribution in [3.63, 3.8) is 0 Å². The Labute approximate surface area is 195 Å². The maximum absolute atomic E-state index is 13.5. The molecule has 0 spiro atoms. The average Bonchev–Trinajstić information content (AvgIpc) is 3.67. The lowest BCUT2D eigenvalue weighted by Gasteiger charge is -2.13. The Bertz CT molecular complexity index is 1410. The number of carbonyl (C=O) groups excluding carboxylic acids is 1. The molecule has 0 atom stereocenters. The van der Waals surface area contributed by atoms with Crippen molar-refractivity contribution in [1.29, 1.82) is 0 Å². The summed E-state index contributed by atoms with van der Waals surface area (Å²) in [5.74, 6) is 0.678. The molecule has 1 aliphatic carbocycles. The SMILES string of the molecule is O=C(CCc1nc2ccccc2c(=O)n1C1CC1)NCc1cccnc1Oc1cccc(F)c1. The standard InChI is InChI=1S/C26H23FN4O3/c27-18-6-3-7-20(15-18)34-25-17(5-4-14-28-25)16-29-24(32)13-12-23-30-22-9-2-1-8-21(22)26(33)31(23)19-10-11-19/h1-9,14-15,19H,10-13,16H2,(H,29,32). The molecule has 1 aliphatic rings. The second-order valence-electron chi connectivity index (χ2n) is 8.26. The van der Waals surface area contributed by atoms with Crippen molar-refractivity contribution < 1.29 is 13.9 Å². The highest BCUT2D eigenvalue weighted by molar-refractivity contribution is 5.78. The lowest BCUT2D eigenvalue weighted by atomic mass is 10.2. The van der Waals surface area contributed by atoms with E-state index in [1.54, 1.807) is 41.1 Å². The first-order chi connectivity index (χ1) is 16.6. The summed E-state index contributed by atoms with van der Waals surface area (Å²) in [6.07, 6.45) is 4.03. The Morgan fingerprint density at radius 2 is 1.97 bits per heavy atom. The van der Waals surface area contributed by atoms with Crippen LogP contribution in [0.25, 0.3) is 10.9 Å². The summed E-state index contributed by atoms with van der Waals surface area (Å²) in [5, 5.41) is 3.48. The van der Waals surface area contributed by atoms with Crippen LogP contribution in [-0.2, 0) is 17.8 Å². The summed E-state index contributed by atoms with van der Waals surface area (Å²) in [4.78, 5) is 34.5. The second-order valence-corrected chi connectivity index (χ2v) is 8.26. The van der Waals surface area contributed by atoms with Crippen LogP contribution in [-0.4, -0.2) is 20.4 Å². The van der Waals surface area contributed by atoms with Gasteiger partial charge in [-0.25, -0.2) is 14.4 Å². The molecule has 0 unspecified atom stereocenters. The van der Waals surface area contributed by atoms with Crippen molar-refractivity contribution in [2.24, 2.45) is 0 Å². The predicted molar refractivity (Wildman–Crippen MR) is 125 cm³/mol. The molecule has 2 aromatic carbocycles. The van der Waals surface area contributed by atoms with Crippen molar-refractivity contribution in [2.45, 2.75) is 38.3 Å². The van der Waals surface area contributed by atoms with Gasteiger partial charge in [0.2, 0.25) is 11.8 Å². The van der Waals surface area contributed by atoms with E-state index in [0.717, 1.165) is 12.8 Å². The van der Waals surface area contributed by atoms with Crippen molar-refractivity contribution in [2.75, 3.05) is 0 Å². The van der Waals surface area contributed by atoms with Gasteiger partial charge < -0.3 is 10.1 Å². The molecule has 0 saturated heterocycles. The highest BCUT2D eigenvalue weighted by atomic mass is 19.1. The van der Waals surface area contributed by atoms with Crippen LogP contribution < -0.4 is 15.6 Å². The largest absolute Gasteiger partial charge is 0.439 e. The molecular weight excluding hydrogens is 435 g/mol. The summed E-state index contributed by atoms with van der Waals surface area (Å²) in [5.41, 5.74) is 1.27. The van der Waals surface area contributed by atoms with Gasteiger partial charge in [-0.3, -0.25) is 14.2 Å². The van der Waals surface area contributed by atoms with E-state index >= 15 is 0 Å². The van der Waals surface area contributed by atoms with Crippen molar-refractivity contribution in [3.8, 4) is 11.6 Å². The van der Waals surface area contributed by atoms with Crippen LogP contribution in [0.5, 0.6) is 11.6 Å². The number of fused-ring (bicyclic) bond motifs is 1. The van der Waals surface area contributed by atoms with Gasteiger partial charge in [0, 0.05) is 43.3 Å². The first kappa shape index (κ1) is 21.8. The van der Waals surface area contributed by atoms with Gasteiger partial charge in [0.25, 0.3) is 5.56 Å². The van der Waals surface area contributed by atoms with Crippen LogP contribution in [0.3, 0.4) is 0 Å². The fourth-order valence-electron chi connectivity index (χ4n) is 3.88. The Morgan fingerprint density at radius 1 is 1.12 bits per heavy atom. The Balaban J connectivity index is 1.26. The number of nitrogens with one attached hydrogen (secondary N) is 1. The van der Waals surface area contributed by atoms with E-state index in [2.05, 4.69) is 15.3 Å². The summed E-state index contributed by atoms with van der Waals surface area (Å²) >= 11 is 0. The molecule has 4 aromatic rings. The third-order valence-corrected chi connectivity index (χ3v) is 5.71. The van der Waals surface area contributed by atoms with Crippen LogP contribution in [0.2, 0.25) is 0 Å². The van der Waals surface area contributed by atoms with Gasteiger partial charge in [0.05, 0.1) is 10.9 Å².